The SMILES string of the molecule is O=C1c2cccc(O)c2C(=O)c2c(O)cc(CI)cc21. The van der Waals surface area contributed by atoms with Gasteiger partial charge in [0.1, 0.15) is 11.5 Å². The molecular weight excluding hydrogens is 371 g/mol. The Morgan fingerprint density at radius 3 is 2.30 bits per heavy atom. The third kappa shape index (κ3) is 1.73. The van der Waals surface area contributed by atoms with Gasteiger partial charge in [0.05, 0.1) is 11.1 Å². The molecule has 3 rings (SSSR count). The molecule has 0 unspecified atom stereocenters. The number of carbonyl (C=O) groups is 2. The molecule has 0 aromatic heterocycles. The third-order valence-electron chi connectivity index (χ3n) is 3.32. The van der Waals surface area contributed by atoms with Crippen molar-refractivity contribution in [2.24, 2.45) is 0 Å². The number of phenolic OH excluding ortho intramolecular Hbond substituents is 2. The number of halogens is 1. The Morgan fingerprint density at radius 1 is 0.900 bits per heavy atom. The van der Waals surface area contributed by atoms with E-state index in [2.05, 4.69) is 22.6 Å². The van der Waals surface area contributed by atoms with Crippen molar-refractivity contribution >= 4 is 34.2 Å². The zero-order valence-corrected chi connectivity index (χ0v) is 12.3. The van der Waals surface area contributed by atoms with Gasteiger partial charge in [-0.25, -0.2) is 0 Å². The molecule has 0 saturated heterocycles. The number of benzene rings is 2. The molecule has 0 atom stereocenters. The Bertz CT molecular complexity index is 765. The van der Waals surface area contributed by atoms with Crippen LogP contribution in [0.3, 0.4) is 0 Å². The minimum absolute atomic E-state index is 0.0300. The lowest BCUT2D eigenvalue weighted by Gasteiger charge is -2.19. The van der Waals surface area contributed by atoms with E-state index in [0.717, 1.165) is 5.56 Å². The number of fused-ring (bicyclic) bond motifs is 2. The summed E-state index contributed by atoms with van der Waals surface area (Å²) in [6.07, 6.45) is 0. The van der Waals surface area contributed by atoms with Gasteiger partial charge in [0.15, 0.2) is 5.78 Å². The second-order valence-corrected chi connectivity index (χ2v) is 5.29. The summed E-state index contributed by atoms with van der Waals surface area (Å²) >= 11 is 2.12. The standard InChI is InChI=1S/C15H9IO4/c16-6-7-4-9-13(11(18)5-7)15(20)12-8(14(9)19)2-1-3-10(12)17/h1-5,17-18H,6H2. The van der Waals surface area contributed by atoms with Crippen molar-refractivity contribution in [3.8, 4) is 11.5 Å². The Hall–Kier alpha value is -1.89. The van der Waals surface area contributed by atoms with Gasteiger partial charge in [-0.1, -0.05) is 34.7 Å². The van der Waals surface area contributed by atoms with Crippen LogP contribution >= 0.6 is 22.6 Å². The normalized spacial score (nSPS) is 13.1. The summed E-state index contributed by atoms with van der Waals surface area (Å²) in [7, 11) is 0. The fourth-order valence-electron chi connectivity index (χ4n) is 2.42. The van der Waals surface area contributed by atoms with E-state index in [-0.39, 0.29) is 39.5 Å². The minimum atomic E-state index is -0.523. The van der Waals surface area contributed by atoms with Gasteiger partial charge in [0, 0.05) is 15.6 Å². The molecule has 2 N–H and O–H groups in total. The van der Waals surface area contributed by atoms with Crippen LogP contribution in [0.1, 0.15) is 37.4 Å². The zero-order chi connectivity index (χ0) is 14.4. The van der Waals surface area contributed by atoms with E-state index in [0.29, 0.717) is 4.43 Å². The van der Waals surface area contributed by atoms with Crippen LogP contribution in [0, 0.1) is 0 Å². The van der Waals surface area contributed by atoms with Crippen LogP contribution in [0.4, 0.5) is 0 Å². The molecule has 0 radical (unpaired) electrons. The second kappa shape index (κ2) is 4.59. The van der Waals surface area contributed by atoms with Gasteiger partial charge < -0.3 is 10.2 Å². The van der Waals surface area contributed by atoms with Crippen molar-refractivity contribution in [3.05, 3.63) is 58.1 Å². The highest BCUT2D eigenvalue weighted by Gasteiger charge is 2.34. The second-order valence-electron chi connectivity index (χ2n) is 4.53. The van der Waals surface area contributed by atoms with Crippen LogP contribution in [0.25, 0.3) is 0 Å². The smallest absolute Gasteiger partial charge is 0.201 e. The summed E-state index contributed by atoms with van der Waals surface area (Å²) in [6, 6.07) is 7.47. The zero-order valence-electron chi connectivity index (χ0n) is 10.2. The fraction of sp³-hybridized carbons (Fsp3) is 0.0667. The van der Waals surface area contributed by atoms with Crippen molar-refractivity contribution < 1.29 is 19.8 Å². The van der Waals surface area contributed by atoms with E-state index in [1.165, 1.54) is 24.3 Å². The molecule has 0 aliphatic heterocycles. The maximum Gasteiger partial charge on any atom is 0.201 e. The van der Waals surface area contributed by atoms with Crippen LogP contribution < -0.4 is 0 Å². The monoisotopic (exact) mass is 380 g/mol. The molecule has 2 aromatic carbocycles. The van der Waals surface area contributed by atoms with Gasteiger partial charge in [0.2, 0.25) is 5.78 Å². The minimum Gasteiger partial charge on any atom is -0.507 e. The van der Waals surface area contributed by atoms with E-state index in [1.807, 2.05) is 0 Å². The average molecular weight is 380 g/mol. The number of alkyl halides is 1. The summed E-state index contributed by atoms with van der Waals surface area (Å²) in [5.74, 6) is -1.34. The largest absolute Gasteiger partial charge is 0.507 e. The van der Waals surface area contributed by atoms with Crippen LogP contribution in [0.2, 0.25) is 0 Å². The van der Waals surface area contributed by atoms with Crippen LogP contribution in [0.5, 0.6) is 11.5 Å². The lowest BCUT2D eigenvalue weighted by atomic mass is 9.82. The first-order valence-corrected chi connectivity index (χ1v) is 7.40. The summed E-state index contributed by atoms with van der Waals surface area (Å²) < 4.78 is 0.618. The number of rotatable bonds is 1. The molecule has 1 aliphatic rings. The van der Waals surface area contributed by atoms with E-state index in [9.17, 15) is 19.8 Å². The molecule has 0 spiro atoms. The Labute approximate surface area is 128 Å². The molecule has 100 valence electrons. The maximum atomic E-state index is 12.4. The number of aromatic hydroxyl groups is 2. The summed E-state index contributed by atoms with van der Waals surface area (Å²) in [4.78, 5) is 24.9. The topological polar surface area (TPSA) is 74.6 Å². The Morgan fingerprint density at radius 2 is 1.60 bits per heavy atom. The van der Waals surface area contributed by atoms with Gasteiger partial charge >= 0.3 is 0 Å². The van der Waals surface area contributed by atoms with Gasteiger partial charge in [-0.2, -0.15) is 0 Å². The van der Waals surface area contributed by atoms with Crippen LogP contribution in [-0.2, 0) is 4.43 Å². The highest BCUT2D eigenvalue weighted by molar-refractivity contribution is 14.1. The number of phenols is 2. The molecule has 2 aromatic rings. The summed E-state index contributed by atoms with van der Waals surface area (Å²) in [6.45, 7) is 0. The lowest BCUT2D eigenvalue weighted by molar-refractivity contribution is 0.0974. The highest BCUT2D eigenvalue weighted by atomic mass is 127. The maximum absolute atomic E-state index is 12.4. The van der Waals surface area contributed by atoms with Crippen molar-refractivity contribution in [2.75, 3.05) is 0 Å². The lowest BCUT2D eigenvalue weighted by Crippen LogP contribution is -2.21. The first-order valence-electron chi connectivity index (χ1n) is 5.87. The summed E-state index contributed by atoms with van der Waals surface area (Å²) in [5.41, 5.74) is 1.07. The first kappa shape index (κ1) is 13.1. The van der Waals surface area contributed by atoms with Gasteiger partial charge in [-0.3, -0.25) is 9.59 Å². The van der Waals surface area contributed by atoms with E-state index < -0.39 is 5.78 Å². The molecule has 0 saturated carbocycles. The number of hydrogen-bond acceptors (Lipinski definition) is 4. The van der Waals surface area contributed by atoms with Crippen LogP contribution in [0.15, 0.2) is 30.3 Å². The van der Waals surface area contributed by atoms with Gasteiger partial charge in [-0.15, -0.1) is 0 Å². The molecule has 5 heteroatoms. The van der Waals surface area contributed by atoms with Crippen molar-refractivity contribution in [1.29, 1.82) is 0 Å². The molecule has 0 fully saturated rings. The fourth-order valence-corrected chi connectivity index (χ4v) is 2.86. The first-order chi connectivity index (χ1) is 9.54. The number of ketones is 2. The average Bonchev–Trinajstić information content (AvgIpc) is 2.43. The highest BCUT2D eigenvalue weighted by Crippen LogP contribution is 2.37. The quantitative estimate of drug-likeness (QED) is 0.503. The molecule has 4 nitrogen and oxygen atoms in total. The van der Waals surface area contributed by atoms with Gasteiger partial charge in [0.25, 0.3) is 0 Å². The van der Waals surface area contributed by atoms with E-state index in [4.69, 9.17) is 0 Å². The molecule has 20 heavy (non-hydrogen) atoms. The predicted molar refractivity (Wildman–Crippen MR) is 80.8 cm³/mol. The van der Waals surface area contributed by atoms with Gasteiger partial charge in [-0.05, 0) is 23.8 Å². The molecule has 0 heterocycles. The molecule has 0 bridgehead atoms. The number of hydrogen-bond donors (Lipinski definition) is 2. The van der Waals surface area contributed by atoms with E-state index >= 15 is 0 Å². The molecule has 0 amide bonds. The molecule has 1 aliphatic carbocycles. The van der Waals surface area contributed by atoms with Crippen molar-refractivity contribution in [2.45, 2.75) is 4.43 Å². The van der Waals surface area contributed by atoms with Crippen LogP contribution in [-0.4, -0.2) is 21.8 Å². The Balaban J connectivity index is 2.35. The van der Waals surface area contributed by atoms with E-state index in [1.54, 1.807) is 6.07 Å². The third-order valence-corrected chi connectivity index (χ3v) is 4.20. The summed E-state index contributed by atoms with van der Waals surface area (Å²) in [5, 5.41) is 19.8. The van der Waals surface area contributed by atoms with Crippen molar-refractivity contribution in [1.82, 2.24) is 0 Å². The van der Waals surface area contributed by atoms with Crippen molar-refractivity contribution in [3.63, 3.8) is 0 Å². The number of carbonyl (C=O) groups excluding carboxylic acids is 2. The predicted octanol–water partition coefficient (Wildman–Crippen LogP) is 2.81. The Kier molecular flexibility index (Phi) is 3.01. The molecular formula is C15H9IO4.